The summed E-state index contributed by atoms with van der Waals surface area (Å²) in [5, 5.41) is 10.4. The van der Waals surface area contributed by atoms with Crippen LogP contribution in [0.4, 0.5) is 0 Å². The molecule has 0 aliphatic rings. The van der Waals surface area contributed by atoms with Gasteiger partial charge in [0.15, 0.2) is 0 Å². The summed E-state index contributed by atoms with van der Waals surface area (Å²) in [5.41, 5.74) is 6.92. The average molecular weight is 300 g/mol. The van der Waals surface area contributed by atoms with Gasteiger partial charge in [0, 0.05) is 16.9 Å². The summed E-state index contributed by atoms with van der Waals surface area (Å²) in [5.74, 6) is 0.710. The Bertz CT molecular complexity index is 337. The van der Waals surface area contributed by atoms with E-state index in [9.17, 15) is 5.11 Å². The summed E-state index contributed by atoms with van der Waals surface area (Å²) < 4.78 is 1.04. The number of hydrogen-bond donors (Lipinski definition) is 2. The van der Waals surface area contributed by atoms with E-state index in [1.54, 1.807) is 0 Å². The molecule has 0 aromatic heterocycles. The molecular weight excluding hydrogens is 278 g/mol. The van der Waals surface area contributed by atoms with E-state index in [1.165, 1.54) is 0 Å². The van der Waals surface area contributed by atoms with Gasteiger partial charge >= 0.3 is 0 Å². The fourth-order valence-corrected chi connectivity index (χ4v) is 2.21. The first-order valence-electron chi connectivity index (χ1n) is 6.11. The highest BCUT2D eigenvalue weighted by Gasteiger charge is 2.26. The van der Waals surface area contributed by atoms with Crippen molar-refractivity contribution in [3.05, 3.63) is 34.3 Å². The number of hydrogen-bond acceptors (Lipinski definition) is 2. The van der Waals surface area contributed by atoms with Crippen LogP contribution in [0.15, 0.2) is 28.7 Å². The average Bonchev–Trinajstić information content (AvgIpc) is 2.31. The standard InChI is InChI=1S/C14H22BrNO/c1-9(2)10(3)14(17)13(8-16)11-4-6-12(15)7-5-11/h4-7,9-10,13-14,17H,8,16H2,1-3H3. The molecule has 0 spiro atoms. The summed E-state index contributed by atoms with van der Waals surface area (Å²) in [6.45, 7) is 6.81. The number of nitrogens with two attached hydrogens (primary N) is 1. The second-order valence-electron chi connectivity index (χ2n) is 4.99. The highest BCUT2D eigenvalue weighted by molar-refractivity contribution is 9.10. The predicted octanol–water partition coefficient (Wildman–Crippen LogP) is 3.14. The molecule has 0 amide bonds. The predicted molar refractivity (Wildman–Crippen MR) is 75.9 cm³/mol. The molecule has 3 N–H and O–H groups in total. The molecule has 0 heterocycles. The van der Waals surface area contributed by atoms with E-state index in [4.69, 9.17) is 5.73 Å². The molecular formula is C14H22BrNO. The molecule has 0 aliphatic heterocycles. The Hall–Kier alpha value is -0.380. The number of benzene rings is 1. The Balaban J connectivity index is 2.87. The van der Waals surface area contributed by atoms with Gasteiger partial charge in [-0.3, -0.25) is 0 Å². The Labute approximate surface area is 112 Å². The number of rotatable bonds is 5. The van der Waals surface area contributed by atoms with Gasteiger partial charge in [-0.25, -0.2) is 0 Å². The normalized spacial score (nSPS) is 16.9. The lowest BCUT2D eigenvalue weighted by atomic mass is 9.81. The van der Waals surface area contributed by atoms with Crippen LogP contribution >= 0.6 is 15.9 Å². The van der Waals surface area contributed by atoms with Crippen LogP contribution in [-0.2, 0) is 0 Å². The molecule has 2 nitrogen and oxygen atoms in total. The first-order chi connectivity index (χ1) is 7.97. The SMILES string of the molecule is CC(C)C(C)C(O)C(CN)c1ccc(Br)cc1. The Morgan fingerprint density at radius 3 is 2.12 bits per heavy atom. The lowest BCUT2D eigenvalue weighted by Crippen LogP contribution is -2.33. The number of halogens is 1. The second-order valence-corrected chi connectivity index (χ2v) is 5.90. The molecule has 0 bridgehead atoms. The van der Waals surface area contributed by atoms with E-state index in [-0.39, 0.29) is 17.9 Å². The van der Waals surface area contributed by atoms with Crippen molar-refractivity contribution in [1.29, 1.82) is 0 Å². The van der Waals surface area contributed by atoms with Crippen molar-refractivity contribution in [2.45, 2.75) is 32.8 Å². The van der Waals surface area contributed by atoms with Crippen LogP contribution in [0.2, 0.25) is 0 Å². The van der Waals surface area contributed by atoms with Crippen molar-refractivity contribution in [2.75, 3.05) is 6.54 Å². The molecule has 3 heteroatoms. The molecule has 96 valence electrons. The minimum Gasteiger partial charge on any atom is -0.392 e. The van der Waals surface area contributed by atoms with Crippen LogP contribution in [0, 0.1) is 11.8 Å². The van der Waals surface area contributed by atoms with E-state index in [0.717, 1.165) is 10.0 Å². The minimum atomic E-state index is -0.388. The van der Waals surface area contributed by atoms with Gasteiger partial charge in [-0.05, 0) is 29.5 Å². The second kappa shape index (κ2) is 6.53. The third-order valence-corrected chi connectivity index (χ3v) is 4.08. The topological polar surface area (TPSA) is 46.2 Å². The minimum absolute atomic E-state index is 0.0144. The fraction of sp³-hybridized carbons (Fsp3) is 0.571. The number of aliphatic hydroxyl groups excluding tert-OH is 1. The van der Waals surface area contributed by atoms with Gasteiger partial charge in [0.25, 0.3) is 0 Å². The lowest BCUT2D eigenvalue weighted by molar-refractivity contribution is 0.0684. The van der Waals surface area contributed by atoms with Gasteiger partial charge < -0.3 is 10.8 Å². The Kier molecular flexibility index (Phi) is 5.63. The highest BCUT2D eigenvalue weighted by atomic mass is 79.9. The van der Waals surface area contributed by atoms with Gasteiger partial charge in [-0.1, -0.05) is 48.8 Å². The van der Waals surface area contributed by atoms with Gasteiger partial charge in [0.2, 0.25) is 0 Å². The van der Waals surface area contributed by atoms with Crippen LogP contribution in [0.3, 0.4) is 0 Å². The van der Waals surface area contributed by atoms with E-state index in [2.05, 4.69) is 36.7 Å². The molecule has 0 saturated heterocycles. The van der Waals surface area contributed by atoms with Crippen molar-refractivity contribution in [1.82, 2.24) is 0 Å². The van der Waals surface area contributed by atoms with Crippen LogP contribution < -0.4 is 5.73 Å². The Morgan fingerprint density at radius 1 is 1.18 bits per heavy atom. The van der Waals surface area contributed by atoms with E-state index >= 15 is 0 Å². The fourth-order valence-electron chi connectivity index (χ4n) is 1.94. The van der Waals surface area contributed by atoms with Crippen LogP contribution in [-0.4, -0.2) is 17.8 Å². The summed E-state index contributed by atoms with van der Waals surface area (Å²) in [6.07, 6.45) is -0.388. The molecule has 1 aromatic rings. The summed E-state index contributed by atoms with van der Waals surface area (Å²) >= 11 is 3.41. The zero-order valence-electron chi connectivity index (χ0n) is 10.7. The van der Waals surface area contributed by atoms with E-state index in [0.29, 0.717) is 12.5 Å². The first kappa shape index (κ1) is 14.7. The van der Waals surface area contributed by atoms with Gasteiger partial charge in [-0.2, -0.15) is 0 Å². The molecule has 0 saturated carbocycles. The maximum Gasteiger partial charge on any atom is 0.0648 e. The zero-order valence-corrected chi connectivity index (χ0v) is 12.3. The van der Waals surface area contributed by atoms with Crippen molar-refractivity contribution in [3.63, 3.8) is 0 Å². The maximum absolute atomic E-state index is 10.4. The smallest absolute Gasteiger partial charge is 0.0648 e. The zero-order chi connectivity index (χ0) is 13.0. The van der Waals surface area contributed by atoms with E-state index < -0.39 is 0 Å². The molecule has 17 heavy (non-hydrogen) atoms. The largest absolute Gasteiger partial charge is 0.392 e. The molecule has 0 aliphatic carbocycles. The molecule has 0 fully saturated rings. The van der Waals surface area contributed by atoms with Crippen molar-refractivity contribution in [2.24, 2.45) is 17.6 Å². The number of aliphatic hydroxyl groups is 1. The summed E-state index contributed by atoms with van der Waals surface area (Å²) in [6, 6.07) is 8.03. The quantitative estimate of drug-likeness (QED) is 0.877. The first-order valence-corrected chi connectivity index (χ1v) is 6.90. The monoisotopic (exact) mass is 299 g/mol. The molecule has 1 aromatic carbocycles. The van der Waals surface area contributed by atoms with Crippen LogP contribution in [0.25, 0.3) is 0 Å². The van der Waals surface area contributed by atoms with Gasteiger partial charge in [-0.15, -0.1) is 0 Å². The van der Waals surface area contributed by atoms with Crippen molar-refractivity contribution < 1.29 is 5.11 Å². The molecule has 3 atom stereocenters. The van der Waals surface area contributed by atoms with Gasteiger partial charge in [0.1, 0.15) is 0 Å². The van der Waals surface area contributed by atoms with Crippen molar-refractivity contribution in [3.8, 4) is 0 Å². The molecule has 3 unspecified atom stereocenters. The Morgan fingerprint density at radius 2 is 1.71 bits per heavy atom. The molecule has 1 rings (SSSR count). The highest BCUT2D eigenvalue weighted by Crippen LogP contribution is 2.28. The third-order valence-electron chi connectivity index (χ3n) is 3.55. The van der Waals surface area contributed by atoms with Gasteiger partial charge in [0.05, 0.1) is 6.10 Å². The van der Waals surface area contributed by atoms with Crippen LogP contribution in [0.5, 0.6) is 0 Å². The summed E-state index contributed by atoms with van der Waals surface area (Å²) in [7, 11) is 0. The maximum atomic E-state index is 10.4. The van der Waals surface area contributed by atoms with E-state index in [1.807, 2.05) is 24.3 Å². The van der Waals surface area contributed by atoms with Crippen LogP contribution in [0.1, 0.15) is 32.3 Å². The lowest BCUT2D eigenvalue weighted by Gasteiger charge is -2.29. The summed E-state index contributed by atoms with van der Waals surface area (Å²) in [4.78, 5) is 0. The third kappa shape index (κ3) is 3.80. The van der Waals surface area contributed by atoms with Crippen molar-refractivity contribution >= 4 is 15.9 Å². The molecule has 0 radical (unpaired) electrons.